The summed E-state index contributed by atoms with van der Waals surface area (Å²) in [4.78, 5) is 22.4. The SMILES string of the molecule is O=C1NC2(CCCCC2)Nc2ccc([N+](=O)[O-])cc21. The smallest absolute Gasteiger partial charge is 0.270 e. The molecule has 6 heteroatoms. The van der Waals surface area contributed by atoms with Gasteiger partial charge in [-0.15, -0.1) is 0 Å². The largest absolute Gasteiger partial charge is 0.362 e. The quantitative estimate of drug-likeness (QED) is 0.600. The van der Waals surface area contributed by atoms with Crippen LogP contribution in [-0.4, -0.2) is 16.5 Å². The van der Waals surface area contributed by atoms with Crippen molar-refractivity contribution in [1.82, 2.24) is 5.32 Å². The Kier molecular flexibility index (Phi) is 2.66. The predicted molar refractivity (Wildman–Crippen MR) is 70.0 cm³/mol. The van der Waals surface area contributed by atoms with Gasteiger partial charge < -0.3 is 10.6 Å². The number of carbonyl (C=O) groups excluding carboxylic acids is 1. The van der Waals surface area contributed by atoms with E-state index in [0.29, 0.717) is 11.3 Å². The Labute approximate surface area is 110 Å². The van der Waals surface area contributed by atoms with Gasteiger partial charge in [-0.05, 0) is 31.7 Å². The summed E-state index contributed by atoms with van der Waals surface area (Å²) in [6.07, 6.45) is 5.14. The zero-order chi connectivity index (χ0) is 13.5. The Morgan fingerprint density at radius 2 is 1.89 bits per heavy atom. The summed E-state index contributed by atoms with van der Waals surface area (Å²) in [6.45, 7) is 0. The van der Waals surface area contributed by atoms with E-state index < -0.39 is 4.92 Å². The van der Waals surface area contributed by atoms with Crippen LogP contribution in [0.5, 0.6) is 0 Å². The molecule has 100 valence electrons. The van der Waals surface area contributed by atoms with E-state index >= 15 is 0 Å². The van der Waals surface area contributed by atoms with Gasteiger partial charge in [-0.25, -0.2) is 0 Å². The number of nitrogens with zero attached hydrogens (tertiary/aromatic N) is 1. The van der Waals surface area contributed by atoms with Gasteiger partial charge in [-0.3, -0.25) is 14.9 Å². The van der Waals surface area contributed by atoms with E-state index in [2.05, 4.69) is 10.6 Å². The third kappa shape index (κ3) is 2.03. The first-order chi connectivity index (χ1) is 9.10. The van der Waals surface area contributed by atoms with Gasteiger partial charge in [-0.1, -0.05) is 6.42 Å². The number of nitrogens with one attached hydrogen (secondary N) is 2. The van der Waals surface area contributed by atoms with Crippen LogP contribution < -0.4 is 10.6 Å². The van der Waals surface area contributed by atoms with Crippen LogP contribution in [0.4, 0.5) is 11.4 Å². The van der Waals surface area contributed by atoms with Crippen LogP contribution in [0, 0.1) is 10.1 Å². The fourth-order valence-corrected chi connectivity index (χ4v) is 2.92. The highest BCUT2D eigenvalue weighted by atomic mass is 16.6. The minimum atomic E-state index is -0.488. The first-order valence-corrected chi connectivity index (χ1v) is 6.49. The molecule has 2 N–H and O–H groups in total. The summed E-state index contributed by atoms with van der Waals surface area (Å²) in [5, 5.41) is 17.1. The van der Waals surface area contributed by atoms with Crippen molar-refractivity contribution in [3.8, 4) is 0 Å². The normalized spacial score (nSPS) is 20.3. The van der Waals surface area contributed by atoms with E-state index in [1.165, 1.54) is 18.6 Å². The molecule has 1 amide bonds. The van der Waals surface area contributed by atoms with Crippen molar-refractivity contribution in [3.63, 3.8) is 0 Å². The molecular formula is C13H15N3O3. The van der Waals surface area contributed by atoms with Crippen molar-refractivity contribution in [3.05, 3.63) is 33.9 Å². The lowest BCUT2D eigenvalue weighted by Gasteiger charge is -2.43. The van der Waals surface area contributed by atoms with Gasteiger partial charge in [0.1, 0.15) is 5.66 Å². The Morgan fingerprint density at radius 1 is 1.16 bits per heavy atom. The molecule has 3 rings (SSSR count). The number of amides is 1. The highest BCUT2D eigenvalue weighted by Gasteiger charge is 2.38. The topological polar surface area (TPSA) is 84.3 Å². The van der Waals surface area contributed by atoms with Crippen LogP contribution in [0.3, 0.4) is 0 Å². The van der Waals surface area contributed by atoms with Crippen molar-refractivity contribution in [2.75, 3.05) is 5.32 Å². The van der Waals surface area contributed by atoms with Crippen LogP contribution in [0.1, 0.15) is 42.5 Å². The standard InChI is InChI=1S/C13H15N3O3/c17-12-10-8-9(16(18)19)4-5-11(10)14-13(15-12)6-2-1-3-7-13/h4-5,8,14H,1-3,6-7H2,(H,15,17). The second-order valence-electron chi connectivity index (χ2n) is 5.21. The second kappa shape index (κ2) is 4.22. The van der Waals surface area contributed by atoms with Crippen molar-refractivity contribution in [2.45, 2.75) is 37.8 Å². The Balaban J connectivity index is 1.97. The summed E-state index contributed by atoms with van der Waals surface area (Å²) < 4.78 is 0. The number of carbonyl (C=O) groups is 1. The molecule has 1 heterocycles. The molecule has 0 unspecified atom stereocenters. The highest BCUT2D eigenvalue weighted by molar-refractivity contribution is 6.02. The first-order valence-electron chi connectivity index (χ1n) is 6.49. The molecule has 1 aromatic carbocycles. The van der Waals surface area contributed by atoms with Crippen LogP contribution in [0.15, 0.2) is 18.2 Å². The average Bonchev–Trinajstić information content (AvgIpc) is 2.39. The number of anilines is 1. The third-order valence-electron chi connectivity index (χ3n) is 3.89. The molecule has 1 aliphatic heterocycles. The molecule has 6 nitrogen and oxygen atoms in total. The molecule has 0 saturated heterocycles. The summed E-state index contributed by atoms with van der Waals surface area (Å²) >= 11 is 0. The van der Waals surface area contributed by atoms with Gasteiger partial charge in [0.05, 0.1) is 10.5 Å². The number of rotatable bonds is 1. The van der Waals surface area contributed by atoms with E-state index in [1.807, 2.05) is 0 Å². The lowest BCUT2D eigenvalue weighted by Crippen LogP contribution is -2.58. The summed E-state index contributed by atoms with van der Waals surface area (Å²) in [5.41, 5.74) is 0.621. The minimum absolute atomic E-state index is 0.0599. The minimum Gasteiger partial charge on any atom is -0.362 e. The number of benzene rings is 1. The van der Waals surface area contributed by atoms with E-state index in [9.17, 15) is 14.9 Å². The molecule has 0 aromatic heterocycles. The van der Waals surface area contributed by atoms with Crippen LogP contribution in [0.25, 0.3) is 0 Å². The maximum atomic E-state index is 12.2. The maximum absolute atomic E-state index is 12.2. The van der Waals surface area contributed by atoms with Crippen LogP contribution in [0.2, 0.25) is 0 Å². The molecule has 0 bridgehead atoms. The monoisotopic (exact) mass is 261 g/mol. The van der Waals surface area contributed by atoms with Crippen molar-refractivity contribution in [1.29, 1.82) is 0 Å². The first kappa shape index (κ1) is 12.0. The van der Waals surface area contributed by atoms with Gasteiger partial charge in [0.25, 0.3) is 11.6 Å². The van der Waals surface area contributed by atoms with Crippen LogP contribution in [-0.2, 0) is 0 Å². The summed E-state index contributed by atoms with van der Waals surface area (Å²) in [7, 11) is 0. The van der Waals surface area contributed by atoms with E-state index in [1.54, 1.807) is 6.07 Å². The highest BCUT2D eigenvalue weighted by Crippen LogP contribution is 2.35. The molecule has 0 radical (unpaired) electrons. The Hall–Kier alpha value is -2.11. The average molecular weight is 261 g/mol. The van der Waals surface area contributed by atoms with Gasteiger partial charge in [0, 0.05) is 17.8 Å². The number of hydrogen-bond acceptors (Lipinski definition) is 4. The van der Waals surface area contributed by atoms with E-state index in [4.69, 9.17) is 0 Å². The fraction of sp³-hybridized carbons (Fsp3) is 0.462. The van der Waals surface area contributed by atoms with Crippen molar-refractivity contribution < 1.29 is 9.72 Å². The molecule has 2 aliphatic rings. The molecule has 1 spiro atoms. The molecule has 1 aromatic rings. The zero-order valence-electron chi connectivity index (χ0n) is 10.4. The van der Waals surface area contributed by atoms with Crippen molar-refractivity contribution in [2.24, 2.45) is 0 Å². The third-order valence-corrected chi connectivity index (χ3v) is 3.89. The lowest BCUT2D eigenvalue weighted by molar-refractivity contribution is -0.384. The second-order valence-corrected chi connectivity index (χ2v) is 5.21. The van der Waals surface area contributed by atoms with Gasteiger partial charge >= 0.3 is 0 Å². The molecular weight excluding hydrogens is 246 g/mol. The van der Waals surface area contributed by atoms with E-state index in [-0.39, 0.29) is 17.3 Å². The number of nitro groups is 1. The number of hydrogen-bond donors (Lipinski definition) is 2. The van der Waals surface area contributed by atoms with Gasteiger partial charge in [0.2, 0.25) is 0 Å². The molecule has 1 saturated carbocycles. The molecule has 19 heavy (non-hydrogen) atoms. The number of fused-ring (bicyclic) bond motifs is 1. The maximum Gasteiger partial charge on any atom is 0.270 e. The molecule has 1 aliphatic carbocycles. The fourth-order valence-electron chi connectivity index (χ4n) is 2.92. The predicted octanol–water partition coefficient (Wildman–Crippen LogP) is 2.41. The van der Waals surface area contributed by atoms with Crippen molar-refractivity contribution >= 4 is 17.3 Å². The Bertz CT molecular complexity index is 550. The summed E-state index contributed by atoms with van der Waals surface area (Å²) in [6, 6.07) is 4.39. The Morgan fingerprint density at radius 3 is 2.58 bits per heavy atom. The zero-order valence-corrected chi connectivity index (χ0v) is 10.4. The lowest BCUT2D eigenvalue weighted by atomic mass is 9.86. The molecule has 1 fully saturated rings. The van der Waals surface area contributed by atoms with Crippen LogP contribution >= 0.6 is 0 Å². The summed E-state index contributed by atoms with van der Waals surface area (Å²) in [5.74, 6) is -0.223. The van der Waals surface area contributed by atoms with Gasteiger partial charge in [0.15, 0.2) is 0 Å². The molecule has 0 atom stereocenters. The number of nitro benzene ring substituents is 1. The number of non-ortho nitro benzene ring substituents is 1. The van der Waals surface area contributed by atoms with Gasteiger partial charge in [-0.2, -0.15) is 0 Å². The van der Waals surface area contributed by atoms with E-state index in [0.717, 1.165) is 25.7 Å².